The molecule has 7 atom stereocenters. The topological polar surface area (TPSA) is 149 Å². The molecule has 1 heterocycles. The zero-order valence-electron chi connectivity index (χ0n) is 32.9. The van der Waals surface area contributed by atoms with Crippen LogP contribution in [0.1, 0.15) is 194 Å². The molecule has 51 heavy (non-hydrogen) atoms. The largest absolute Gasteiger partial charge is 0.394 e. The van der Waals surface area contributed by atoms with Gasteiger partial charge in [0.25, 0.3) is 0 Å². The van der Waals surface area contributed by atoms with Gasteiger partial charge in [0, 0.05) is 6.42 Å². The van der Waals surface area contributed by atoms with Crippen LogP contribution in [0.15, 0.2) is 12.2 Å². The van der Waals surface area contributed by atoms with Crippen LogP contribution in [0.4, 0.5) is 0 Å². The number of hydrogen-bond donors (Lipinski definition) is 6. The van der Waals surface area contributed by atoms with Crippen molar-refractivity contribution in [3.8, 4) is 0 Å². The second-order valence-corrected chi connectivity index (χ2v) is 15.1. The minimum Gasteiger partial charge on any atom is -0.394 e. The fraction of sp³-hybridized carbons (Fsp3) is 0.929. The summed E-state index contributed by atoms with van der Waals surface area (Å²) in [5, 5.41) is 54.2. The average Bonchev–Trinajstić information content (AvgIpc) is 3.13. The van der Waals surface area contributed by atoms with Crippen molar-refractivity contribution in [3.63, 3.8) is 0 Å². The molecule has 0 aromatic rings. The maximum absolute atomic E-state index is 12.9. The van der Waals surface area contributed by atoms with Crippen molar-refractivity contribution in [2.45, 2.75) is 236 Å². The normalized spacial score (nSPS) is 22.1. The Morgan fingerprint density at radius 2 is 1.10 bits per heavy atom. The Hall–Kier alpha value is -1.07. The number of carbonyl (C=O) groups is 1. The molecule has 0 bridgehead atoms. The summed E-state index contributed by atoms with van der Waals surface area (Å²) in [6.07, 6.45) is 29.2. The fourth-order valence-corrected chi connectivity index (χ4v) is 6.86. The molecular formula is C42H81NO8. The highest BCUT2D eigenvalue weighted by atomic mass is 16.7. The second-order valence-electron chi connectivity index (χ2n) is 15.1. The number of aliphatic hydroxyl groups is 5. The third-order valence-corrected chi connectivity index (χ3v) is 10.4. The number of amides is 1. The van der Waals surface area contributed by atoms with Crippen molar-refractivity contribution >= 4 is 5.91 Å². The third-order valence-electron chi connectivity index (χ3n) is 10.4. The number of carbonyl (C=O) groups excluding carboxylic acids is 1. The van der Waals surface area contributed by atoms with Gasteiger partial charge >= 0.3 is 0 Å². The van der Waals surface area contributed by atoms with Gasteiger partial charge in [-0.3, -0.25) is 4.79 Å². The first-order valence-electron chi connectivity index (χ1n) is 21.4. The van der Waals surface area contributed by atoms with Crippen LogP contribution in [-0.4, -0.2) is 87.5 Å². The lowest BCUT2D eigenvalue weighted by Gasteiger charge is -2.40. The van der Waals surface area contributed by atoms with E-state index in [1.54, 1.807) is 0 Å². The minimum atomic E-state index is -1.55. The van der Waals surface area contributed by atoms with Crippen LogP contribution in [0.3, 0.4) is 0 Å². The number of unbranched alkanes of at least 4 members (excludes halogenated alkanes) is 23. The maximum atomic E-state index is 12.9. The first kappa shape index (κ1) is 48.0. The lowest BCUT2D eigenvalue weighted by atomic mass is 9.99. The monoisotopic (exact) mass is 728 g/mol. The highest BCUT2D eigenvalue weighted by Gasteiger charge is 2.44. The first-order chi connectivity index (χ1) is 24.8. The highest BCUT2D eigenvalue weighted by molar-refractivity contribution is 5.76. The number of aliphatic hydroxyl groups excluding tert-OH is 5. The van der Waals surface area contributed by atoms with E-state index >= 15 is 0 Å². The molecule has 7 unspecified atom stereocenters. The Balaban J connectivity index is 2.37. The first-order valence-corrected chi connectivity index (χ1v) is 21.4. The van der Waals surface area contributed by atoms with E-state index in [0.29, 0.717) is 12.8 Å². The third kappa shape index (κ3) is 24.8. The molecule has 0 saturated carbocycles. The van der Waals surface area contributed by atoms with E-state index in [2.05, 4.69) is 31.3 Å². The van der Waals surface area contributed by atoms with Crippen molar-refractivity contribution < 1.29 is 39.8 Å². The number of hydrogen-bond acceptors (Lipinski definition) is 8. The van der Waals surface area contributed by atoms with Crippen LogP contribution in [0.5, 0.6) is 0 Å². The zero-order chi connectivity index (χ0) is 37.4. The van der Waals surface area contributed by atoms with Gasteiger partial charge < -0.3 is 40.3 Å². The summed E-state index contributed by atoms with van der Waals surface area (Å²) < 4.78 is 11.2. The summed E-state index contributed by atoms with van der Waals surface area (Å²) >= 11 is 0. The molecule has 1 aliphatic heterocycles. The molecule has 1 rings (SSSR count). The molecule has 6 N–H and O–H groups in total. The van der Waals surface area contributed by atoms with E-state index in [0.717, 1.165) is 38.5 Å². The maximum Gasteiger partial charge on any atom is 0.220 e. The summed E-state index contributed by atoms with van der Waals surface area (Å²) in [6.45, 7) is 3.81. The van der Waals surface area contributed by atoms with E-state index < -0.39 is 49.5 Å². The van der Waals surface area contributed by atoms with Crippen LogP contribution >= 0.6 is 0 Å². The molecule has 0 aliphatic carbocycles. The molecule has 9 heteroatoms. The van der Waals surface area contributed by atoms with Gasteiger partial charge in [-0.15, -0.1) is 0 Å². The predicted octanol–water partition coefficient (Wildman–Crippen LogP) is 8.17. The summed E-state index contributed by atoms with van der Waals surface area (Å²) in [4.78, 5) is 12.9. The van der Waals surface area contributed by atoms with Gasteiger partial charge in [0.05, 0.1) is 25.4 Å². The molecule has 1 aliphatic rings. The summed E-state index contributed by atoms with van der Waals surface area (Å²) in [6, 6.07) is -0.715. The smallest absolute Gasteiger partial charge is 0.220 e. The van der Waals surface area contributed by atoms with Gasteiger partial charge in [-0.1, -0.05) is 161 Å². The van der Waals surface area contributed by atoms with E-state index in [9.17, 15) is 30.3 Å². The number of allylic oxidation sites excluding steroid dienone is 2. The van der Waals surface area contributed by atoms with Crippen molar-refractivity contribution in [3.05, 3.63) is 12.2 Å². The van der Waals surface area contributed by atoms with Crippen molar-refractivity contribution in [2.24, 2.45) is 0 Å². The van der Waals surface area contributed by atoms with Gasteiger partial charge in [0.1, 0.15) is 24.4 Å². The van der Waals surface area contributed by atoms with Gasteiger partial charge in [0.15, 0.2) is 6.29 Å². The second kappa shape index (κ2) is 33.5. The lowest BCUT2D eigenvalue weighted by Crippen LogP contribution is -2.60. The molecule has 9 nitrogen and oxygen atoms in total. The molecule has 0 aromatic heterocycles. The molecule has 1 fully saturated rings. The molecule has 0 aromatic carbocycles. The molecular weight excluding hydrogens is 646 g/mol. The number of rotatable bonds is 35. The Morgan fingerprint density at radius 3 is 1.61 bits per heavy atom. The highest BCUT2D eigenvalue weighted by Crippen LogP contribution is 2.23. The minimum absolute atomic E-state index is 0.137. The summed E-state index contributed by atoms with van der Waals surface area (Å²) in [7, 11) is 0. The average molecular weight is 728 g/mol. The quantitative estimate of drug-likeness (QED) is 0.0283. The molecule has 0 radical (unpaired) electrons. The van der Waals surface area contributed by atoms with E-state index in [-0.39, 0.29) is 12.5 Å². The molecule has 1 amide bonds. The predicted molar refractivity (Wildman–Crippen MR) is 207 cm³/mol. The number of ether oxygens (including phenoxy) is 2. The van der Waals surface area contributed by atoms with E-state index in [1.807, 2.05) is 0 Å². The van der Waals surface area contributed by atoms with E-state index in [4.69, 9.17) is 9.47 Å². The molecule has 0 spiro atoms. The Bertz CT molecular complexity index is 812. The fourth-order valence-electron chi connectivity index (χ4n) is 6.86. The Morgan fingerprint density at radius 1 is 0.647 bits per heavy atom. The van der Waals surface area contributed by atoms with Gasteiger partial charge in [0.2, 0.25) is 5.91 Å². The van der Waals surface area contributed by atoms with Gasteiger partial charge in [-0.05, 0) is 38.5 Å². The number of nitrogens with one attached hydrogen (secondary N) is 1. The van der Waals surface area contributed by atoms with Crippen molar-refractivity contribution in [2.75, 3.05) is 13.2 Å². The van der Waals surface area contributed by atoms with Crippen molar-refractivity contribution in [1.82, 2.24) is 5.32 Å². The summed E-state index contributed by atoms with van der Waals surface area (Å²) in [5.41, 5.74) is 0. The summed E-state index contributed by atoms with van der Waals surface area (Å²) in [5.74, 6) is -0.150. The van der Waals surface area contributed by atoms with Crippen LogP contribution in [0.2, 0.25) is 0 Å². The lowest BCUT2D eigenvalue weighted by molar-refractivity contribution is -0.302. The van der Waals surface area contributed by atoms with Gasteiger partial charge in [-0.2, -0.15) is 0 Å². The van der Waals surface area contributed by atoms with E-state index in [1.165, 1.54) is 128 Å². The Kier molecular flexibility index (Phi) is 31.5. The van der Waals surface area contributed by atoms with Crippen LogP contribution in [-0.2, 0) is 14.3 Å². The SMILES string of the molecule is CCCCCC/C=C\CCCCCCCCCC(=O)NC(COC1OC(CO)C(O)C(O)C1O)C(O)CCCCCCCCCCCCCCC. The zero-order valence-corrected chi connectivity index (χ0v) is 32.9. The molecule has 1 saturated heterocycles. The Labute approximate surface area is 312 Å². The van der Waals surface area contributed by atoms with Crippen LogP contribution in [0.25, 0.3) is 0 Å². The van der Waals surface area contributed by atoms with Crippen molar-refractivity contribution in [1.29, 1.82) is 0 Å². The van der Waals surface area contributed by atoms with Crippen LogP contribution < -0.4 is 5.32 Å². The standard InChI is InChI=1S/C42H81NO8/c1-3-5-7-9-11-13-15-17-18-20-22-24-26-28-30-32-38(46)43-35(34-50-42-41(49)40(48)39(47)37(33-44)51-42)36(45)31-29-27-25-23-21-19-16-14-12-10-8-6-4-2/h13,15,35-37,39-42,44-45,47-49H,3-12,14,16-34H2,1-2H3,(H,43,46)/b15-13-. The van der Waals surface area contributed by atoms with Gasteiger partial charge in [-0.25, -0.2) is 0 Å². The molecule has 302 valence electrons. The van der Waals surface area contributed by atoms with Crippen LogP contribution in [0, 0.1) is 0 Å².